The topological polar surface area (TPSA) is 56.0 Å². The molecule has 1 aromatic heterocycles. The Morgan fingerprint density at radius 1 is 1.41 bits per heavy atom. The van der Waals surface area contributed by atoms with Gasteiger partial charge in [-0.15, -0.1) is 0 Å². The van der Waals surface area contributed by atoms with Gasteiger partial charge in [0.1, 0.15) is 5.69 Å². The highest BCUT2D eigenvalue weighted by Gasteiger charge is 2.38. The molecule has 0 amide bonds. The second-order valence-electron chi connectivity index (χ2n) is 3.08. The Morgan fingerprint density at radius 2 is 2.00 bits per heavy atom. The summed E-state index contributed by atoms with van der Waals surface area (Å²) in [7, 11) is 0. The van der Waals surface area contributed by atoms with Crippen molar-refractivity contribution in [3.8, 4) is 0 Å². The molecule has 0 atom stereocenters. The number of aldehydes is 1. The van der Waals surface area contributed by atoms with Crippen molar-refractivity contribution >= 4 is 6.29 Å². The van der Waals surface area contributed by atoms with E-state index < -0.39 is 29.4 Å². The Balaban J connectivity index is 3.58. The zero-order valence-corrected chi connectivity index (χ0v) is 8.26. The molecular weight excluding hydrogens is 247 g/mol. The quantitative estimate of drug-likeness (QED) is 0.665. The van der Waals surface area contributed by atoms with Crippen molar-refractivity contribution in [1.29, 1.82) is 0 Å². The Labute approximate surface area is 92.4 Å². The van der Waals surface area contributed by atoms with Crippen LogP contribution in [0, 0.1) is 0 Å². The molecule has 0 bridgehead atoms. The number of nitrogens with zero attached hydrogens (tertiary/aromatic N) is 1. The van der Waals surface area contributed by atoms with Gasteiger partial charge in [-0.1, -0.05) is 0 Å². The lowest BCUT2D eigenvalue weighted by Gasteiger charge is -2.14. The minimum Gasteiger partial charge on any atom is -0.325 e. The molecule has 0 aliphatic carbocycles. The maximum atomic E-state index is 12.5. The highest BCUT2D eigenvalue weighted by molar-refractivity contribution is 5.75. The lowest BCUT2D eigenvalue weighted by Crippen LogP contribution is -2.16. The molecule has 17 heavy (non-hydrogen) atoms. The predicted molar refractivity (Wildman–Crippen MR) is 47.5 cm³/mol. The lowest BCUT2D eigenvalue weighted by molar-refractivity contribution is -0.139. The number of hydrogen-bond donors (Lipinski definition) is 1. The van der Waals surface area contributed by atoms with Gasteiger partial charge in [-0.3, -0.25) is 4.79 Å². The number of aromatic nitrogens is 1. The summed E-state index contributed by atoms with van der Waals surface area (Å²) in [6.07, 6.45) is -8.57. The van der Waals surface area contributed by atoms with Crippen LogP contribution >= 0.6 is 0 Å². The first-order valence-corrected chi connectivity index (χ1v) is 4.35. The molecule has 0 aliphatic rings. The summed E-state index contributed by atoms with van der Waals surface area (Å²) in [5.41, 5.74) is 0.878. The third kappa shape index (κ3) is 2.76. The molecule has 0 spiro atoms. The molecule has 0 fully saturated rings. The summed E-state index contributed by atoms with van der Waals surface area (Å²) < 4.78 is 62.6. The molecule has 0 radical (unpaired) electrons. The van der Waals surface area contributed by atoms with Crippen molar-refractivity contribution < 1.29 is 26.7 Å². The Hall–Kier alpha value is -1.57. The maximum absolute atomic E-state index is 12.5. The number of halogens is 5. The van der Waals surface area contributed by atoms with Crippen LogP contribution in [0.25, 0.3) is 0 Å². The van der Waals surface area contributed by atoms with Gasteiger partial charge < -0.3 is 5.73 Å². The van der Waals surface area contributed by atoms with Gasteiger partial charge in [-0.25, -0.2) is 13.8 Å². The first-order chi connectivity index (χ1) is 7.81. The van der Waals surface area contributed by atoms with Crippen LogP contribution in [-0.4, -0.2) is 11.3 Å². The fourth-order valence-corrected chi connectivity index (χ4v) is 1.29. The summed E-state index contributed by atoms with van der Waals surface area (Å²) in [5.74, 6) is 0. The fourth-order valence-electron chi connectivity index (χ4n) is 1.29. The number of rotatable bonds is 3. The van der Waals surface area contributed by atoms with Crippen LogP contribution in [0.2, 0.25) is 0 Å². The van der Waals surface area contributed by atoms with Crippen LogP contribution in [0.5, 0.6) is 0 Å². The monoisotopic (exact) mass is 254 g/mol. The zero-order valence-electron chi connectivity index (χ0n) is 8.26. The molecule has 0 aliphatic heterocycles. The fraction of sp³-hybridized carbons (Fsp3) is 0.333. The molecule has 8 heteroatoms. The molecular formula is C9H7F5N2O. The van der Waals surface area contributed by atoms with Gasteiger partial charge in [0.25, 0.3) is 6.43 Å². The summed E-state index contributed by atoms with van der Waals surface area (Å²) in [5, 5.41) is 0. The van der Waals surface area contributed by atoms with Crippen LogP contribution in [0.4, 0.5) is 22.0 Å². The molecule has 0 aromatic carbocycles. The molecule has 0 saturated heterocycles. The van der Waals surface area contributed by atoms with Crippen LogP contribution in [0.3, 0.4) is 0 Å². The number of carbonyl (C=O) groups is 1. The van der Waals surface area contributed by atoms with Crippen LogP contribution in [0.15, 0.2) is 6.07 Å². The average Bonchev–Trinajstić information content (AvgIpc) is 2.25. The summed E-state index contributed by atoms with van der Waals surface area (Å²) >= 11 is 0. The van der Waals surface area contributed by atoms with E-state index in [1.165, 1.54) is 0 Å². The Bertz CT molecular complexity index is 430. The van der Waals surface area contributed by atoms with Gasteiger partial charge in [0, 0.05) is 6.54 Å². The van der Waals surface area contributed by atoms with Gasteiger partial charge in [-0.2, -0.15) is 13.2 Å². The molecule has 1 aromatic rings. The highest BCUT2D eigenvalue weighted by atomic mass is 19.4. The van der Waals surface area contributed by atoms with E-state index in [0.717, 1.165) is 0 Å². The summed E-state index contributed by atoms with van der Waals surface area (Å²) in [6.45, 7) is -0.382. The van der Waals surface area contributed by atoms with Crippen molar-refractivity contribution in [3.63, 3.8) is 0 Å². The number of carbonyl (C=O) groups excluding carboxylic acids is 1. The summed E-state index contributed by atoms with van der Waals surface area (Å²) in [4.78, 5) is 13.8. The zero-order chi connectivity index (χ0) is 13.2. The summed E-state index contributed by atoms with van der Waals surface area (Å²) in [6, 6.07) is 0.425. The number of pyridine rings is 1. The molecule has 0 unspecified atom stereocenters. The molecule has 0 saturated carbocycles. The van der Waals surface area contributed by atoms with Crippen molar-refractivity contribution in [3.05, 3.63) is 28.6 Å². The van der Waals surface area contributed by atoms with Gasteiger partial charge in [-0.05, 0) is 6.07 Å². The SMILES string of the molecule is NCc1cc(C(F)(F)F)c(C(F)F)c(C=O)n1. The second kappa shape index (κ2) is 4.74. The minimum absolute atomic E-state index is 0.143. The average molecular weight is 254 g/mol. The van der Waals surface area contributed by atoms with Crippen molar-refractivity contribution in [2.24, 2.45) is 5.73 Å². The van der Waals surface area contributed by atoms with Crippen LogP contribution in [0.1, 0.15) is 33.7 Å². The smallest absolute Gasteiger partial charge is 0.325 e. The van der Waals surface area contributed by atoms with E-state index in [9.17, 15) is 26.7 Å². The van der Waals surface area contributed by atoms with E-state index in [2.05, 4.69) is 4.98 Å². The Kier molecular flexibility index (Phi) is 3.76. The number of nitrogens with two attached hydrogens (primary N) is 1. The predicted octanol–water partition coefficient (Wildman–Crippen LogP) is 2.31. The van der Waals surface area contributed by atoms with E-state index in [0.29, 0.717) is 6.07 Å². The van der Waals surface area contributed by atoms with Gasteiger partial charge in [0.05, 0.1) is 16.8 Å². The van der Waals surface area contributed by atoms with E-state index in [4.69, 9.17) is 5.73 Å². The standard InChI is InChI=1S/C9H7F5N2O/c10-8(11)7-5(9(12,13)14)1-4(2-15)16-6(7)3-17/h1,3,8H,2,15H2. The molecule has 1 rings (SSSR count). The van der Waals surface area contributed by atoms with Gasteiger partial charge >= 0.3 is 6.18 Å². The second-order valence-corrected chi connectivity index (χ2v) is 3.08. The van der Waals surface area contributed by atoms with Crippen molar-refractivity contribution in [2.75, 3.05) is 0 Å². The largest absolute Gasteiger partial charge is 0.417 e. The van der Waals surface area contributed by atoms with E-state index in [1.54, 1.807) is 0 Å². The van der Waals surface area contributed by atoms with E-state index >= 15 is 0 Å². The van der Waals surface area contributed by atoms with Gasteiger partial charge in [0.15, 0.2) is 6.29 Å². The lowest BCUT2D eigenvalue weighted by atomic mass is 10.0. The molecule has 1 heterocycles. The Morgan fingerprint density at radius 3 is 2.35 bits per heavy atom. The van der Waals surface area contributed by atoms with Crippen molar-refractivity contribution in [2.45, 2.75) is 19.1 Å². The minimum atomic E-state index is -4.99. The molecule has 3 nitrogen and oxygen atoms in total. The number of alkyl halides is 5. The number of hydrogen-bond acceptors (Lipinski definition) is 3. The van der Waals surface area contributed by atoms with Crippen LogP contribution in [-0.2, 0) is 12.7 Å². The van der Waals surface area contributed by atoms with Gasteiger partial charge in [0.2, 0.25) is 0 Å². The molecule has 2 N–H and O–H groups in total. The maximum Gasteiger partial charge on any atom is 0.417 e. The molecule has 94 valence electrons. The third-order valence-electron chi connectivity index (χ3n) is 1.99. The van der Waals surface area contributed by atoms with E-state index in [-0.39, 0.29) is 18.5 Å². The first-order valence-electron chi connectivity index (χ1n) is 4.35. The van der Waals surface area contributed by atoms with Crippen LogP contribution < -0.4 is 5.73 Å². The third-order valence-corrected chi connectivity index (χ3v) is 1.99. The van der Waals surface area contributed by atoms with Crippen molar-refractivity contribution in [1.82, 2.24) is 4.98 Å². The normalized spacial score (nSPS) is 11.9. The highest BCUT2D eigenvalue weighted by Crippen LogP contribution is 2.37. The first kappa shape index (κ1) is 13.5. The van der Waals surface area contributed by atoms with E-state index in [1.807, 2.05) is 0 Å².